The molecule has 1 unspecified atom stereocenters. The molecule has 1 heterocycles. The van der Waals surface area contributed by atoms with Crippen molar-refractivity contribution in [3.8, 4) is 0 Å². The van der Waals surface area contributed by atoms with E-state index in [9.17, 15) is 9.90 Å². The molecule has 0 saturated carbocycles. The van der Waals surface area contributed by atoms with E-state index in [2.05, 4.69) is 4.98 Å². The van der Waals surface area contributed by atoms with Crippen LogP contribution in [0.25, 0.3) is 11.0 Å². The van der Waals surface area contributed by atoms with Gasteiger partial charge in [0.25, 0.3) is 5.91 Å². The van der Waals surface area contributed by atoms with Crippen molar-refractivity contribution in [1.82, 2.24) is 9.55 Å². The summed E-state index contributed by atoms with van der Waals surface area (Å²) in [4.78, 5) is 17.0. The standard InChI is InChI=1S/C16H14N2O2/c1-11(19)15-17-13-9-5-6-10-14(13)18(15)16(20)12-7-3-2-4-8-12/h2-11,19H,1H3. The molecule has 3 aromatic rings. The van der Waals surface area contributed by atoms with Crippen LogP contribution in [0.2, 0.25) is 0 Å². The molecule has 0 spiro atoms. The van der Waals surface area contributed by atoms with Crippen LogP contribution in [-0.4, -0.2) is 20.6 Å². The minimum atomic E-state index is -0.810. The summed E-state index contributed by atoms with van der Waals surface area (Å²) in [5.41, 5.74) is 1.97. The van der Waals surface area contributed by atoms with Crippen molar-refractivity contribution in [2.75, 3.05) is 0 Å². The van der Waals surface area contributed by atoms with Gasteiger partial charge in [-0.15, -0.1) is 0 Å². The lowest BCUT2D eigenvalue weighted by molar-refractivity contribution is 0.0944. The predicted octanol–water partition coefficient (Wildman–Crippen LogP) is 2.78. The van der Waals surface area contributed by atoms with Gasteiger partial charge in [-0.1, -0.05) is 30.3 Å². The number of fused-ring (bicyclic) bond motifs is 1. The third-order valence-corrected chi connectivity index (χ3v) is 3.18. The first-order valence-corrected chi connectivity index (χ1v) is 6.43. The van der Waals surface area contributed by atoms with Gasteiger partial charge in [0.15, 0.2) is 0 Å². The molecule has 0 radical (unpaired) electrons. The van der Waals surface area contributed by atoms with E-state index in [-0.39, 0.29) is 5.91 Å². The summed E-state index contributed by atoms with van der Waals surface area (Å²) in [6.45, 7) is 1.61. The Labute approximate surface area is 116 Å². The normalized spacial score (nSPS) is 12.5. The number of aliphatic hydroxyl groups excluding tert-OH is 1. The second-order valence-electron chi connectivity index (χ2n) is 4.64. The Hall–Kier alpha value is -2.46. The minimum absolute atomic E-state index is 0.185. The average molecular weight is 266 g/mol. The average Bonchev–Trinajstić information content (AvgIpc) is 2.87. The number of carbonyl (C=O) groups excluding carboxylic acids is 1. The molecule has 0 aliphatic carbocycles. The number of aliphatic hydroxyl groups is 1. The molecular weight excluding hydrogens is 252 g/mol. The fourth-order valence-electron chi connectivity index (χ4n) is 2.25. The second kappa shape index (κ2) is 4.90. The van der Waals surface area contributed by atoms with Crippen LogP contribution < -0.4 is 0 Å². The smallest absolute Gasteiger partial charge is 0.263 e. The molecule has 20 heavy (non-hydrogen) atoms. The topological polar surface area (TPSA) is 55.1 Å². The zero-order valence-corrected chi connectivity index (χ0v) is 11.0. The number of hydrogen-bond donors (Lipinski definition) is 1. The van der Waals surface area contributed by atoms with Crippen molar-refractivity contribution >= 4 is 16.9 Å². The maximum Gasteiger partial charge on any atom is 0.263 e. The summed E-state index contributed by atoms with van der Waals surface area (Å²) in [5.74, 6) is 0.176. The molecule has 100 valence electrons. The molecule has 3 rings (SSSR count). The van der Waals surface area contributed by atoms with E-state index in [1.54, 1.807) is 19.1 Å². The van der Waals surface area contributed by atoms with Gasteiger partial charge in [-0.25, -0.2) is 4.98 Å². The molecule has 1 aromatic heterocycles. The lowest BCUT2D eigenvalue weighted by atomic mass is 10.2. The summed E-state index contributed by atoms with van der Waals surface area (Å²) >= 11 is 0. The van der Waals surface area contributed by atoms with Crippen molar-refractivity contribution in [1.29, 1.82) is 0 Å². The molecule has 0 aliphatic rings. The summed E-state index contributed by atoms with van der Waals surface area (Å²) < 4.78 is 1.48. The molecule has 4 nitrogen and oxygen atoms in total. The first kappa shape index (κ1) is 12.6. The zero-order valence-electron chi connectivity index (χ0n) is 11.0. The van der Waals surface area contributed by atoms with Crippen LogP contribution in [0.1, 0.15) is 29.2 Å². The molecule has 0 aliphatic heterocycles. The quantitative estimate of drug-likeness (QED) is 0.776. The van der Waals surface area contributed by atoms with E-state index >= 15 is 0 Å². The van der Waals surface area contributed by atoms with Crippen molar-refractivity contribution < 1.29 is 9.90 Å². The Balaban J connectivity index is 2.24. The molecule has 1 N–H and O–H groups in total. The summed E-state index contributed by atoms with van der Waals surface area (Å²) in [7, 11) is 0. The van der Waals surface area contributed by atoms with Gasteiger partial charge in [0.2, 0.25) is 0 Å². The van der Waals surface area contributed by atoms with Gasteiger partial charge in [0.05, 0.1) is 11.0 Å². The Morgan fingerprint density at radius 2 is 1.75 bits per heavy atom. The van der Waals surface area contributed by atoms with E-state index < -0.39 is 6.10 Å². The molecule has 4 heteroatoms. The number of benzene rings is 2. The SMILES string of the molecule is CC(O)c1nc2ccccc2n1C(=O)c1ccccc1. The van der Waals surface area contributed by atoms with E-state index in [1.807, 2.05) is 42.5 Å². The highest BCUT2D eigenvalue weighted by Gasteiger charge is 2.20. The van der Waals surface area contributed by atoms with E-state index in [0.717, 1.165) is 0 Å². The lowest BCUT2D eigenvalue weighted by Crippen LogP contribution is -2.16. The van der Waals surface area contributed by atoms with Crippen LogP contribution >= 0.6 is 0 Å². The molecule has 0 fully saturated rings. The van der Waals surface area contributed by atoms with Gasteiger partial charge in [-0.05, 0) is 31.2 Å². The molecule has 0 saturated heterocycles. The first-order chi connectivity index (χ1) is 9.68. The molecular formula is C16H14N2O2. The van der Waals surface area contributed by atoms with E-state index in [4.69, 9.17) is 0 Å². The highest BCUT2D eigenvalue weighted by atomic mass is 16.3. The maximum atomic E-state index is 12.7. The number of nitrogens with zero attached hydrogens (tertiary/aromatic N) is 2. The predicted molar refractivity (Wildman–Crippen MR) is 76.5 cm³/mol. The summed E-state index contributed by atoms with van der Waals surface area (Å²) in [6, 6.07) is 16.4. The number of rotatable bonds is 2. The lowest BCUT2D eigenvalue weighted by Gasteiger charge is -2.09. The Morgan fingerprint density at radius 1 is 1.10 bits per heavy atom. The van der Waals surface area contributed by atoms with Crippen molar-refractivity contribution in [3.05, 3.63) is 66.0 Å². The first-order valence-electron chi connectivity index (χ1n) is 6.43. The van der Waals surface area contributed by atoms with Crippen molar-refractivity contribution in [3.63, 3.8) is 0 Å². The van der Waals surface area contributed by atoms with Gasteiger partial charge < -0.3 is 5.11 Å². The number of para-hydroxylation sites is 2. The molecule has 1 atom stereocenters. The van der Waals surface area contributed by atoms with Crippen molar-refractivity contribution in [2.24, 2.45) is 0 Å². The summed E-state index contributed by atoms with van der Waals surface area (Å²) in [5, 5.41) is 9.87. The Morgan fingerprint density at radius 3 is 2.45 bits per heavy atom. The number of aromatic nitrogens is 2. The monoisotopic (exact) mass is 266 g/mol. The zero-order chi connectivity index (χ0) is 14.1. The van der Waals surface area contributed by atoms with Crippen LogP contribution in [0, 0.1) is 0 Å². The largest absolute Gasteiger partial charge is 0.385 e. The van der Waals surface area contributed by atoms with Gasteiger partial charge in [-0.3, -0.25) is 9.36 Å². The fourth-order valence-corrected chi connectivity index (χ4v) is 2.25. The van der Waals surface area contributed by atoms with Gasteiger partial charge in [0, 0.05) is 5.56 Å². The molecule has 0 amide bonds. The maximum absolute atomic E-state index is 12.7. The second-order valence-corrected chi connectivity index (χ2v) is 4.64. The van der Waals surface area contributed by atoms with Gasteiger partial charge in [-0.2, -0.15) is 0 Å². The fraction of sp³-hybridized carbons (Fsp3) is 0.125. The number of imidazole rings is 1. The molecule has 0 bridgehead atoms. The highest BCUT2D eigenvalue weighted by molar-refractivity contribution is 6.01. The van der Waals surface area contributed by atoms with E-state index in [0.29, 0.717) is 22.4 Å². The van der Waals surface area contributed by atoms with Crippen LogP contribution in [0.4, 0.5) is 0 Å². The minimum Gasteiger partial charge on any atom is -0.385 e. The Bertz CT molecular complexity index is 761. The number of hydrogen-bond acceptors (Lipinski definition) is 3. The third kappa shape index (κ3) is 2.00. The van der Waals surface area contributed by atoms with Gasteiger partial charge >= 0.3 is 0 Å². The van der Waals surface area contributed by atoms with Crippen LogP contribution in [-0.2, 0) is 0 Å². The van der Waals surface area contributed by atoms with Crippen LogP contribution in [0.3, 0.4) is 0 Å². The highest BCUT2D eigenvalue weighted by Crippen LogP contribution is 2.22. The van der Waals surface area contributed by atoms with E-state index in [1.165, 1.54) is 4.57 Å². The number of carbonyl (C=O) groups is 1. The Kier molecular flexibility index (Phi) is 3.08. The third-order valence-electron chi connectivity index (χ3n) is 3.18. The summed E-state index contributed by atoms with van der Waals surface area (Å²) in [6.07, 6.45) is -0.810. The van der Waals surface area contributed by atoms with Crippen LogP contribution in [0.15, 0.2) is 54.6 Å². The van der Waals surface area contributed by atoms with Gasteiger partial charge in [0.1, 0.15) is 11.9 Å². The van der Waals surface area contributed by atoms with Crippen molar-refractivity contribution in [2.45, 2.75) is 13.0 Å². The molecule has 2 aromatic carbocycles. The van der Waals surface area contributed by atoms with Crippen LogP contribution in [0.5, 0.6) is 0 Å².